The third-order valence-corrected chi connectivity index (χ3v) is 7.74. The van der Waals surface area contributed by atoms with Crippen molar-refractivity contribution in [3.05, 3.63) is 115 Å². The standard InChI is InChI=1S/2C19H25NO2.4CH2Cl2.Zr/c2*1-12-6-14(3)18(21)16(8-12)10-20(5)11-17-9-13(2)7-15(4)19(17)22;4*2-1-3;/h2*6-9,21-22H,10-11H2,1-5H3;4*1H2;/q;;;;;;+4/p-4. The van der Waals surface area contributed by atoms with Crippen LogP contribution in [0.4, 0.5) is 0 Å². The van der Waals surface area contributed by atoms with E-state index in [2.05, 4.69) is 0 Å². The molecule has 0 aliphatic heterocycles. The Labute approximate surface area is 401 Å². The second kappa shape index (κ2) is 33.9. The maximum Gasteiger partial charge on any atom is 4.00 e. The van der Waals surface area contributed by atoms with E-state index >= 15 is 0 Å². The third-order valence-electron chi connectivity index (χ3n) is 7.74. The summed E-state index contributed by atoms with van der Waals surface area (Å²) in [6.07, 6.45) is 0. The summed E-state index contributed by atoms with van der Waals surface area (Å²) in [5.74, 6) is 0.390. The van der Waals surface area contributed by atoms with E-state index in [1.54, 1.807) is 0 Å². The normalized spacial score (nSPS) is 9.89. The van der Waals surface area contributed by atoms with Crippen molar-refractivity contribution >= 4 is 92.8 Å². The minimum absolute atomic E-state index is 0. The molecule has 0 fully saturated rings. The van der Waals surface area contributed by atoms with Gasteiger partial charge in [0.1, 0.15) is 0 Å². The first-order valence-electron chi connectivity index (χ1n) is 17.1. The first-order chi connectivity index (χ1) is 26.2. The summed E-state index contributed by atoms with van der Waals surface area (Å²) in [5.41, 5.74) is 10.6. The maximum atomic E-state index is 12.2. The summed E-state index contributed by atoms with van der Waals surface area (Å²) in [7, 11) is 3.88. The van der Waals surface area contributed by atoms with Gasteiger partial charge in [0.05, 0.1) is 21.4 Å². The van der Waals surface area contributed by atoms with Crippen LogP contribution in [0.3, 0.4) is 0 Å². The zero-order valence-electron chi connectivity index (χ0n) is 34.3. The van der Waals surface area contributed by atoms with Crippen molar-refractivity contribution in [3.8, 4) is 23.0 Å². The second-order valence-electron chi connectivity index (χ2n) is 13.0. The number of benzene rings is 4. The molecule has 15 heteroatoms. The van der Waals surface area contributed by atoms with Gasteiger partial charge in [0, 0.05) is 26.2 Å². The van der Waals surface area contributed by atoms with Gasteiger partial charge in [-0.3, -0.25) is 9.80 Å². The molecule has 0 amide bonds. The van der Waals surface area contributed by atoms with Gasteiger partial charge in [-0.15, -0.1) is 116 Å². The summed E-state index contributed by atoms with van der Waals surface area (Å²) in [5, 5.41) is 49.6. The molecule has 0 radical (unpaired) electrons. The molecule has 0 aliphatic rings. The van der Waals surface area contributed by atoms with Gasteiger partial charge >= 0.3 is 26.2 Å². The minimum atomic E-state index is 0. The Bertz CT molecular complexity index is 1490. The molecule has 0 bridgehead atoms. The van der Waals surface area contributed by atoms with Gasteiger partial charge in [-0.1, -0.05) is 93.0 Å². The summed E-state index contributed by atoms with van der Waals surface area (Å²) < 4.78 is 0. The van der Waals surface area contributed by atoms with Crippen LogP contribution in [0.1, 0.15) is 66.8 Å². The molecule has 0 N–H and O–H groups in total. The van der Waals surface area contributed by atoms with Crippen LogP contribution < -0.4 is 20.4 Å². The van der Waals surface area contributed by atoms with Crippen molar-refractivity contribution in [2.75, 3.05) is 35.5 Å². The first kappa shape index (κ1) is 60.5. The van der Waals surface area contributed by atoms with Crippen LogP contribution in [0.25, 0.3) is 0 Å². The molecule has 316 valence electrons. The quantitative estimate of drug-likeness (QED) is 0.163. The molecular weight excluding hydrogens is 971 g/mol. The van der Waals surface area contributed by atoms with Crippen LogP contribution in [0.5, 0.6) is 23.0 Å². The molecule has 0 saturated carbocycles. The Morgan fingerprint density at radius 2 is 0.491 bits per heavy atom. The third kappa shape index (κ3) is 24.9. The molecule has 0 atom stereocenters. The van der Waals surface area contributed by atoms with E-state index in [9.17, 15) is 20.4 Å². The van der Waals surface area contributed by atoms with Crippen molar-refractivity contribution in [3.63, 3.8) is 0 Å². The van der Waals surface area contributed by atoms with E-state index < -0.39 is 0 Å². The van der Waals surface area contributed by atoms with E-state index in [0.29, 0.717) is 26.2 Å². The smallest absolute Gasteiger partial charge is 0.872 e. The molecule has 57 heavy (non-hydrogen) atoms. The average molecular weight is 1030 g/mol. The molecule has 0 heterocycles. The van der Waals surface area contributed by atoms with Crippen LogP contribution in [-0.4, -0.2) is 45.3 Å². The van der Waals surface area contributed by atoms with Gasteiger partial charge in [0.25, 0.3) is 0 Å². The Hall–Kier alpha value is -0.797. The molecular formula is C42H54Cl8N2O4Zr. The SMILES string of the molecule is Cc1cc(C)c([O-])c(CN(C)Cc2cc(C)cc(C)c2[O-])c1.Cc1cc(C)c([O-])c(CN(C)Cc2cc(C)cc(C)c2[O-])c1.ClCCl.ClCCl.ClCCl.ClCCl.[Zr+4]. The van der Waals surface area contributed by atoms with E-state index in [-0.39, 0.29) is 70.6 Å². The largest absolute Gasteiger partial charge is 4.00 e. The van der Waals surface area contributed by atoms with Gasteiger partial charge in [-0.05, 0) is 91.7 Å². The summed E-state index contributed by atoms with van der Waals surface area (Å²) >= 11 is 38.1. The van der Waals surface area contributed by atoms with Crippen LogP contribution >= 0.6 is 92.8 Å². The van der Waals surface area contributed by atoms with E-state index in [0.717, 1.165) is 66.8 Å². The number of hydrogen-bond donors (Lipinski definition) is 0. The minimum Gasteiger partial charge on any atom is -0.872 e. The number of nitrogens with zero attached hydrogens (tertiary/aromatic N) is 2. The van der Waals surface area contributed by atoms with Crippen molar-refractivity contribution in [2.45, 2.75) is 81.6 Å². The van der Waals surface area contributed by atoms with Gasteiger partial charge in [-0.2, -0.15) is 0 Å². The van der Waals surface area contributed by atoms with Crippen molar-refractivity contribution in [1.29, 1.82) is 0 Å². The predicted octanol–water partition coefficient (Wildman–Crippen LogP) is 11.1. The number of hydrogen-bond acceptors (Lipinski definition) is 6. The molecule has 0 spiro atoms. The van der Waals surface area contributed by atoms with Crippen LogP contribution in [0.2, 0.25) is 0 Å². The molecule has 4 aromatic rings. The number of rotatable bonds is 8. The Kier molecular flexibility index (Phi) is 36.0. The Morgan fingerprint density at radius 1 is 0.351 bits per heavy atom. The zero-order valence-corrected chi connectivity index (χ0v) is 42.8. The van der Waals surface area contributed by atoms with Gasteiger partial charge < -0.3 is 20.4 Å². The summed E-state index contributed by atoms with van der Waals surface area (Å²) in [6.45, 7) is 17.6. The van der Waals surface area contributed by atoms with Crippen molar-refractivity contribution in [1.82, 2.24) is 9.80 Å². The van der Waals surface area contributed by atoms with Crippen LogP contribution in [-0.2, 0) is 52.4 Å². The monoisotopic (exact) mass is 1020 g/mol. The Morgan fingerprint density at radius 3 is 0.632 bits per heavy atom. The fraction of sp³-hybridized carbons (Fsp3) is 0.429. The average Bonchev–Trinajstić information content (AvgIpc) is 3.08. The van der Waals surface area contributed by atoms with Gasteiger partial charge in [-0.25, -0.2) is 0 Å². The summed E-state index contributed by atoms with van der Waals surface area (Å²) in [6, 6.07) is 15.4. The predicted molar refractivity (Wildman–Crippen MR) is 238 cm³/mol. The fourth-order valence-corrected chi connectivity index (χ4v) is 5.91. The molecule has 0 unspecified atom stereocenters. The molecule has 4 rings (SSSR count). The van der Waals surface area contributed by atoms with E-state index in [4.69, 9.17) is 92.8 Å². The van der Waals surface area contributed by atoms with Crippen LogP contribution in [0, 0.1) is 55.4 Å². The fourth-order valence-electron chi connectivity index (χ4n) is 5.91. The molecule has 0 aromatic heterocycles. The van der Waals surface area contributed by atoms with Crippen LogP contribution in [0.15, 0.2) is 48.5 Å². The van der Waals surface area contributed by atoms with E-state index in [1.165, 1.54) is 0 Å². The number of alkyl halides is 8. The molecule has 6 nitrogen and oxygen atoms in total. The van der Waals surface area contributed by atoms with Crippen molar-refractivity contribution < 1.29 is 46.6 Å². The Balaban J connectivity index is -0.000000790. The van der Waals surface area contributed by atoms with E-state index in [1.807, 2.05) is 128 Å². The van der Waals surface area contributed by atoms with Gasteiger partial charge in [0.2, 0.25) is 0 Å². The summed E-state index contributed by atoms with van der Waals surface area (Å²) in [4.78, 5) is 4.04. The number of aryl methyl sites for hydroxylation is 8. The second-order valence-corrected chi connectivity index (χ2v) is 16.3. The molecule has 0 saturated heterocycles. The molecule has 0 aliphatic carbocycles. The number of halogens is 8. The first-order valence-corrected chi connectivity index (χ1v) is 21.4. The topological polar surface area (TPSA) is 98.7 Å². The zero-order chi connectivity index (χ0) is 43.7. The molecule has 4 aromatic carbocycles. The maximum absolute atomic E-state index is 12.2. The van der Waals surface area contributed by atoms with Crippen molar-refractivity contribution in [2.24, 2.45) is 0 Å². The van der Waals surface area contributed by atoms with Gasteiger partial charge in [0.15, 0.2) is 0 Å².